The normalized spacial score (nSPS) is 10.7. The van der Waals surface area contributed by atoms with Crippen LogP contribution >= 0.6 is 0 Å². The number of rotatable bonds is 16. The van der Waals surface area contributed by atoms with Crippen molar-refractivity contribution in [3.8, 4) is 28.7 Å². The van der Waals surface area contributed by atoms with Gasteiger partial charge >= 0.3 is 11.9 Å². The molecule has 3 aromatic carbocycles. The van der Waals surface area contributed by atoms with Crippen LogP contribution in [0.2, 0.25) is 0 Å². The van der Waals surface area contributed by atoms with E-state index in [1.54, 1.807) is 65.3 Å². The van der Waals surface area contributed by atoms with E-state index < -0.39 is 6.29 Å². The molecule has 0 bridgehead atoms. The summed E-state index contributed by atoms with van der Waals surface area (Å²) in [5, 5.41) is 8.27. The standard InChI is InChI=1S/C33H37N3O9/c1-6-15-36-18-26(34-35-36)21-43-29-16-30(39-4)32(31(17-29)40-5)33(44-27-11-7-24(8-12-27)19-41-22(2)37)45-28-13-9-25(10-14-28)20-42-23(3)38/h7-14,16-18,33H,6,15,19-21H2,1-5H3. The zero-order valence-corrected chi connectivity index (χ0v) is 26.0. The highest BCUT2D eigenvalue weighted by atomic mass is 16.7. The molecule has 0 aliphatic rings. The summed E-state index contributed by atoms with van der Waals surface area (Å²) in [6, 6.07) is 17.6. The maximum absolute atomic E-state index is 11.2. The summed E-state index contributed by atoms with van der Waals surface area (Å²) in [4.78, 5) is 22.4. The fourth-order valence-electron chi connectivity index (χ4n) is 4.22. The number of esters is 2. The lowest BCUT2D eigenvalue weighted by Crippen LogP contribution is -2.17. The van der Waals surface area contributed by atoms with Gasteiger partial charge in [-0.25, -0.2) is 0 Å². The highest BCUT2D eigenvalue weighted by Gasteiger charge is 2.27. The molecule has 12 nitrogen and oxygen atoms in total. The minimum absolute atomic E-state index is 0.146. The Balaban J connectivity index is 1.62. The van der Waals surface area contributed by atoms with E-state index in [-0.39, 0.29) is 31.8 Å². The van der Waals surface area contributed by atoms with Gasteiger partial charge in [0.15, 0.2) is 0 Å². The Labute approximate surface area is 261 Å². The number of carbonyl (C=O) groups excluding carboxylic acids is 2. The second kappa shape index (κ2) is 16.0. The first-order valence-corrected chi connectivity index (χ1v) is 14.3. The molecular weight excluding hydrogens is 582 g/mol. The zero-order chi connectivity index (χ0) is 32.2. The number of carbonyl (C=O) groups is 2. The minimum atomic E-state index is -1.03. The SMILES string of the molecule is CCCn1cc(COc2cc(OC)c(C(Oc3ccc(COC(C)=O)cc3)Oc3ccc(COC(C)=O)cc3)c(OC)c2)nn1. The van der Waals surface area contributed by atoms with Gasteiger partial charge in [-0.05, 0) is 41.8 Å². The van der Waals surface area contributed by atoms with Gasteiger partial charge in [0.05, 0.1) is 20.4 Å². The molecule has 4 rings (SSSR count). The van der Waals surface area contributed by atoms with E-state index in [9.17, 15) is 9.59 Å². The topological polar surface area (TPSA) is 129 Å². The number of nitrogens with zero attached hydrogens (tertiary/aromatic N) is 3. The van der Waals surface area contributed by atoms with Gasteiger partial charge in [-0.1, -0.05) is 36.4 Å². The average molecular weight is 620 g/mol. The van der Waals surface area contributed by atoms with Gasteiger partial charge in [-0.3, -0.25) is 14.3 Å². The van der Waals surface area contributed by atoms with Gasteiger partial charge in [0.1, 0.15) is 59.8 Å². The fourth-order valence-corrected chi connectivity index (χ4v) is 4.22. The summed E-state index contributed by atoms with van der Waals surface area (Å²) < 4.78 is 42.2. The molecule has 0 radical (unpaired) electrons. The molecule has 0 aliphatic heterocycles. The Kier molecular flexibility index (Phi) is 11.6. The smallest absolute Gasteiger partial charge is 0.302 e. The number of aromatic nitrogens is 3. The van der Waals surface area contributed by atoms with E-state index in [4.69, 9.17) is 33.2 Å². The third kappa shape index (κ3) is 9.62. The molecule has 0 atom stereocenters. The molecule has 0 amide bonds. The Bertz CT molecular complexity index is 1460. The fraction of sp³-hybridized carbons (Fsp3) is 0.333. The van der Waals surface area contributed by atoms with Crippen LogP contribution < -0.4 is 23.7 Å². The van der Waals surface area contributed by atoms with Gasteiger partial charge in [0.25, 0.3) is 6.29 Å². The largest absolute Gasteiger partial charge is 0.496 e. The van der Waals surface area contributed by atoms with Crippen LogP contribution in [0.25, 0.3) is 0 Å². The van der Waals surface area contributed by atoms with Crippen molar-refractivity contribution in [2.75, 3.05) is 14.2 Å². The van der Waals surface area contributed by atoms with E-state index in [0.29, 0.717) is 40.0 Å². The molecule has 0 spiro atoms. The van der Waals surface area contributed by atoms with Crippen LogP contribution in [0.15, 0.2) is 66.9 Å². The van der Waals surface area contributed by atoms with E-state index in [1.807, 2.05) is 6.20 Å². The second-order valence-electron chi connectivity index (χ2n) is 9.92. The van der Waals surface area contributed by atoms with Gasteiger partial charge in [0.2, 0.25) is 0 Å². The van der Waals surface area contributed by atoms with Gasteiger partial charge in [0, 0.05) is 32.5 Å². The zero-order valence-electron chi connectivity index (χ0n) is 26.0. The van der Waals surface area contributed by atoms with Crippen LogP contribution in [-0.4, -0.2) is 41.2 Å². The third-order valence-corrected chi connectivity index (χ3v) is 6.40. The van der Waals surface area contributed by atoms with Crippen molar-refractivity contribution in [3.05, 3.63) is 89.2 Å². The number of aryl methyl sites for hydroxylation is 1. The van der Waals surface area contributed by atoms with E-state index >= 15 is 0 Å². The highest BCUT2D eigenvalue weighted by Crippen LogP contribution is 2.41. The molecule has 1 aromatic heterocycles. The first kappa shape index (κ1) is 32.6. The molecule has 0 unspecified atom stereocenters. The monoisotopic (exact) mass is 619 g/mol. The van der Waals surface area contributed by atoms with Crippen LogP contribution in [0.3, 0.4) is 0 Å². The summed E-state index contributed by atoms with van der Waals surface area (Å²) in [5.41, 5.74) is 2.76. The van der Waals surface area contributed by atoms with E-state index in [2.05, 4.69) is 17.2 Å². The van der Waals surface area contributed by atoms with Gasteiger partial charge in [-0.15, -0.1) is 5.10 Å². The maximum atomic E-state index is 11.2. The lowest BCUT2D eigenvalue weighted by atomic mass is 10.1. The van der Waals surface area contributed by atoms with E-state index in [0.717, 1.165) is 24.1 Å². The molecular formula is C33H37N3O9. The maximum Gasteiger partial charge on any atom is 0.302 e. The van der Waals surface area contributed by atoms with Gasteiger partial charge < -0.3 is 33.2 Å². The predicted octanol–water partition coefficient (Wildman–Crippen LogP) is 5.57. The van der Waals surface area contributed by atoms with Crippen LogP contribution in [-0.2, 0) is 45.4 Å². The highest BCUT2D eigenvalue weighted by molar-refractivity contribution is 5.66. The number of benzene rings is 3. The van der Waals surface area contributed by atoms with Gasteiger partial charge in [-0.2, -0.15) is 0 Å². The average Bonchev–Trinajstić information content (AvgIpc) is 3.49. The van der Waals surface area contributed by atoms with Crippen LogP contribution in [0.5, 0.6) is 28.7 Å². The summed E-state index contributed by atoms with van der Waals surface area (Å²) >= 11 is 0. The summed E-state index contributed by atoms with van der Waals surface area (Å²) in [5.74, 6) is 1.54. The Morgan fingerprint density at radius 3 is 1.71 bits per heavy atom. The Morgan fingerprint density at radius 2 is 1.27 bits per heavy atom. The summed E-state index contributed by atoms with van der Waals surface area (Å²) in [7, 11) is 3.06. The first-order chi connectivity index (χ1) is 21.8. The quantitative estimate of drug-likeness (QED) is 0.115. The van der Waals surface area contributed by atoms with Crippen LogP contribution in [0.1, 0.15) is 55.9 Å². The molecule has 1 heterocycles. The molecule has 0 N–H and O–H groups in total. The van der Waals surface area contributed by atoms with E-state index in [1.165, 1.54) is 28.1 Å². The molecule has 12 heteroatoms. The predicted molar refractivity (Wildman–Crippen MR) is 162 cm³/mol. The number of hydrogen-bond donors (Lipinski definition) is 0. The van der Waals surface area contributed by atoms with Crippen molar-refractivity contribution in [3.63, 3.8) is 0 Å². The molecule has 4 aromatic rings. The summed E-state index contributed by atoms with van der Waals surface area (Å²) in [6.07, 6.45) is 1.76. The number of ether oxygens (including phenoxy) is 7. The Hall–Kier alpha value is -5.26. The lowest BCUT2D eigenvalue weighted by molar-refractivity contribution is -0.143. The lowest BCUT2D eigenvalue weighted by Gasteiger charge is -2.25. The van der Waals surface area contributed by atoms with Crippen molar-refractivity contribution in [1.82, 2.24) is 15.0 Å². The van der Waals surface area contributed by atoms with Crippen molar-refractivity contribution in [1.29, 1.82) is 0 Å². The first-order valence-electron chi connectivity index (χ1n) is 14.3. The molecule has 0 fully saturated rings. The molecule has 0 aliphatic carbocycles. The van der Waals surface area contributed by atoms with Crippen molar-refractivity contribution in [2.45, 2.75) is 59.8 Å². The molecule has 45 heavy (non-hydrogen) atoms. The second-order valence-corrected chi connectivity index (χ2v) is 9.92. The van der Waals surface area contributed by atoms with Crippen LogP contribution in [0.4, 0.5) is 0 Å². The third-order valence-electron chi connectivity index (χ3n) is 6.40. The van der Waals surface area contributed by atoms with Crippen molar-refractivity contribution >= 4 is 11.9 Å². The number of hydrogen-bond acceptors (Lipinski definition) is 11. The molecule has 0 saturated heterocycles. The van der Waals surface area contributed by atoms with Crippen LogP contribution in [0, 0.1) is 0 Å². The minimum Gasteiger partial charge on any atom is -0.496 e. The molecule has 238 valence electrons. The molecule has 0 saturated carbocycles. The van der Waals surface area contributed by atoms with Crippen molar-refractivity contribution < 1.29 is 42.7 Å². The Morgan fingerprint density at radius 1 is 0.756 bits per heavy atom. The summed E-state index contributed by atoms with van der Waals surface area (Å²) in [6.45, 7) is 6.05. The van der Waals surface area contributed by atoms with Crippen molar-refractivity contribution in [2.24, 2.45) is 0 Å². The number of methoxy groups -OCH3 is 2.